The minimum Gasteiger partial charge on any atom is -0.353 e. The average molecular weight is 193 g/mol. The van der Waals surface area contributed by atoms with Gasteiger partial charge in [0.1, 0.15) is 0 Å². The van der Waals surface area contributed by atoms with E-state index in [1.807, 2.05) is 0 Å². The Morgan fingerprint density at radius 1 is 1.43 bits per heavy atom. The van der Waals surface area contributed by atoms with E-state index in [9.17, 15) is 4.79 Å². The molecule has 0 spiro atoms. The lowest BCUT2D eigenvalue weighted by Crippen LogP contribution is -2.61. The van der Waals surface area contributed by atoms with E-state index >= 15 is 0 Å². The fourth-order valence-electron chi connectivity index (χ4n) is 3.05. The van der Waals surface area contributed by atoms with Crippen LogP contribution in [0, 0.1) is 17.3 Å². The molecule has 0 aromatic heterocycles. The second kappa shape index (κ2) is 2.74. The Morgan fingerprint density at radius 2 is 2.07 bits per heavy atom. The molecule has 0 aliphatic heterocycles. The van der Waals surface area contributed by atoms with Crippen LogP contribution < -0.4 is 5.32 Å². The minimum atomic E-state index is 0.114. The Labute approximate surface area is 85.4 Å². The van der Waals surface area contributed by atoms with Crippen LogP contribution >= 0.6 is 0 Å². The molecule has 4 aliphatic carbocycles. The van der Waals surface area contributed by atoms with Gasteiger partial charge in [-0.3, -0.25) is 4.79 Å². The van der Waals surface area contributed by atoms with Crippen molar-refractivity contribution >= 4 is 5.91 Å². The van der Waals surface area contributed by atoms with Crippen LogP contribution in [0.4, 0.5) is 0 Å². The molecule has 2 nitrogen and oxygen atoms in total. The standard InChI is InChI=1S/C12H19NO/c1-8(4-9-2-3-9)13-11(14)12-5-10(6-12)7-12/h8-10H,2-7H2,1H3,(H,13,14). The normalized spacial score (nSPS) is 40.8. The Bertz CT molecular complexity index is 252. The fourth-order valence-corrected chi connectivity index (χ4v) is 3.05. The molecule has 1 atom stereocenters. The van der Waals surface area contributed by atoms with Crippen LogP contribution in [0.15, 0.2) is 0 Å². The molecule has 1 unspecified atom stereocenters. The highest BCUT2D eigenvalue weighted by atomic mass is 16.2. The van der Waals surface area contributed by atoms with E-state index < -0.39 is 0 Å². The van der Waals surface area contributed by atoms with Crippen molar-refractivity contribution in [1.82, 2.24) is 5.32 Å². The maximum absolute atomic E-state index is 11.9. The first-order valence-corrected chi connectivity index (χ1v) is 5.99. The predicted octanol–water partition coefficient (Wildman–Crippen LogP) is 2.09. The van der Waals surface area contributed by atoms with Gasteiger partial charge in [-0.1, -0.05) is 12.8 Å². The summed E-state index contributed by atoms with van der Waals surface area (Å²) in [6.07, 6.45) is 7.49. The second-order valence-electron chi connectivity index (χ2n) is 5.81. The van der Waals surface area contributed by atoms with Crippen molar-refractivity contribution in [1.29, 1.82) is 0 Å². The summed E-state index contributed by atoms with van der Waals surface area (Å²) in [7, 11) is 0. The summed E-state index contributed by atoms with van der Waals surface area (Å²) in [5.41, 5.74) is 0.114. The number of hydrogen-bond donors (Lipinski definition) is 1. The number of nitrogens with one attached hydrogen (secondary N) is 1. The molecule has 0 aromatic carbocycles. The maximum atomic E-state index is 11.9. The van der Waals surface area contributed by atoms with Gasteiger partial charge < -0.3 is 5.32 Å². The molecular formula is C12H19NO. The second-order valence-corrected chi connectivity index (χ2v) is 5.81. The molecular weight excluding hydrogens is 174 g/mol. The molecule has 4 rings (SSSR count). The van der Waals surface area contributed by atoms with Gasteiger partial charge >= 0.3 is 0 Å². The van der Waals surface area contributed by atoms with Crippen LogP contribution in [0.3, 0.4) is 0 Å². The zero-order valence-electron chi connectivity index (χ0n) is 8.88. The SMILES string of the molecule is CC(CC1CC1)NC(=O)C12CC(C1)C2. The van der Waals surface area contributed by atoms with E-state index in [0.29, 0.717) is 11.9 Å². The molecule has 2 heteroatoms. The third kappa shape index (κ3) is 1.27. The number of carbonyl (C=O) groups excluding carboxylic acids is 1. The first-order valence-electron chi connectivity index (χ1n) is 5.99. The summed E-state index contributed by atoms with van der Waals surface area (Å²) in [4.78, 5) is 11.9. The molecule has 78 valence electrons. The van der Waals surface area contributed by atoms with Gasteiger partial charge in [-0.15, -0.1) is 0 Å². The molecule has 2 bridgehead atoms. The molecule has 1 amide bonds. The van der Waals surface area contributed by atoms with Crippen LogP contribution in [0.2, 0.25) is 0 Å². The molecule has 1 N–H and O–H groups in total. The molecule has 4 aliphatic rings. The Kier molecular flexibility index (Phi) is 1.71. The van der Waals surface area contributed by atoms with E-state index in [1.165, 1.54) is 38.5 Å². The van der Waals surface area contributed by atoms with Crippen molar-refractivity contribution in [3.8, 4) is 0 Å². The third-order valence-corrected chi connectivity index (χ3v) is 4.28. The predicted molar refractivity (Wildman–Crippen MR) is 54.7 cm³/mol. The van der Waals surface area contributed by atoms with Gasteiger partial charge in [0.15, 0.2) is 0 Å². The number of carbonyl (C=O) groups is 1. The Balaban J connectivity index is 1.48. The van der Waals surface area contributed by atoms with Crippen LogP contribution in [0.1, 0.15) is 45.4 Å². The zero-order valence-corrected chi connectivity index (χ0v) is 8.88. The molecule has 14 heavy (non-hydrogen) atoms. The lowest BCUT2D eigenvalue weighted by atomic mass is 9.44. The van der Waals surface area contributed by atoms with Crippen LogP contribution in [0.25, 0.3) is 0 Å². The van der Waals surface area contributed by atoms with Gasteiger partial charge in [-0.2, -0.15) is 0 Å². The minimum absolute atomic E-state index is 0.114. The monoisotopic (exact) mass is 193 g/mol. The summed E-state index contributed by atoms with van der Waals surface area (Å²) >= 11 is 0. The lowest BCUT2D eigenvalue weighted by Gasteiger charge is -2.60. The lowest BCUT2D eigenvalue weighted by molar-refractivity contribution is -0.165. The van der Waals surface area contributed by atoms with Gasteiger partial charge in [-0.25, -0.2) is 0 Å². The van der Waals surface area contributed by atoms with Crippen molar-refractivity contribution in [2.75, 3.05) is 0 Å². The number of amides is 1. The summed E-state index contributed by atoms with van der Waals surface area (Å²) in [5, 5.41) is 3.19. The largest absolute Gasteiger partial charge is 0.353 e. The third-order valence-electron chi connectivity index (χ3n) is 4.28. The Hall–Kier alpha value is -0.530. The molecule has 4 saturated carbocycles. The zero-order chi connectivity index (χ0) is 9.76. The summed E-state index contributed by atoms with van der Waals surface area (Å²) in [6, 6.07) is 0.407. The van der Waals surface area contributed by atoms with E-state index in [0.717, 1.165) is 11.8 Å². The molecule has 0 aromatic rings. The van der Waals surface area contributed by atoms with Crippen LogP contribution in [0.5, 0.6) is 0 Å². The molecule has 0 saturated heterocycles. The molecule has 0 radical (unpaired) electrons. The quantitative estimate of drug-likeness (QED) is 0.727. The van der Waals surface area contributed by atoms with Crippen molar-refractivity contribution in [2.45, 2.75) is 51.5 Å². The van der Waals surface area contributed by atoms with E-state index in [-0.39, 0.29) is 5.41 Å². The van der Waals surface area contributed by atoms with Gasteiger partial charge in [0.25, 0.3) is 0 Å². The highest BCUT2D eigenvalue weighted by Gasteiger charge is 2.61. The van der Waals surface area contributed by atoms with Gasteiger partial charge in [0.2, 0.25) is 5.91 Å². The number of rotatable bonds is 4. The topological polar surface area (TPSA) is 29.1 Å². The highest BCUT2D eigenvalue weighted by Crippen LogP contribution is 2.64. The van der Waals surface area contributed by atoms with Gasteiger partial charge in [-0.05, 0) is 44.4 Å². The van der Waals surface area contributed by atoms with Crippen molar-refractivity contribution < 1.29 is 4.79 Å². The van der Waals surface area contributed by atoms with Gasteiger partial charge in [0.05, 0.1) is 0 Å². The molecule has 0 heterocycles. The van der Waals surface area contributed by atoms with E-state index in [1.54, 1.807) is 0 Å². The smallest absolute Gasteiger partial charge is 0.226 e. The summed E-state index contributed by atoms with van der Waals surface area (Å²) < 4.78 is 0. The first kappa shape index (κ1) is 8.75. The maximum Gasteiger partial charge on any atom is 0.226 e. The van der Waals surface area contributed by atoms with Gasteiger partial charge in [0, 0.05) is 11.5 Å². The Morgan fingerprint density at radius 3 is 2.50 bits per heavy atom. The van der Waals surface area contributed by atoms with Crippen molar-refractivity contribution in [3.63, 3.8) is 0 Å². The van der Waals surface area contributed by atoms with E-state index in [2.05, 4.69) is 12.2 Å². The average Bonchev–Trinajstić information content (AvgIpc) is 2.62. The number of hydrogen-bond acceptors (Lipinski definition) is 1. The highest BCUT2D eigenvalue weighted by molar-refractivity contribution is 5.85. The fraction of sp³-hybridized carbons (Fsp3) is 0.917. The first-order chi connectivity index (χ1) is 6.68. The van der Waals surface area contributed by atoms with Crippen molar-refractivity contribution in [3.05, 3.63) is 0 Å². The summed E-state index contributed by atoms with van der Waals surface area (Å²) in [6.45, 7) is 2.15. The summed E-state index contributed by atoms with van der Waals surface area (Å²) in [5.74, 6) is 2.17. The van der Waals surface area contributed by atoms with Crippen molar-refractivity contribution in [2.24, 2.45) is 17.3 Å². The van der Waals surface area contributed by atoms with Crippen LogP contribution in [-0.2, 0) is 4.79 Å². The van der Waals surface area contributed by atoms with Crippen LogP contribution in [-0.4, -0.2) is 11.9 Å². The molecule has 4 fully saturated rings. The van der Waals surface area contributed by atoms with E-state index in [4.69, 9.17) is 0 Å².